The number of benzene rings is 2. The Morgan fingerprint density at radius 3 is 1.94 bits per heavy atom. The van der Waals surface area contributed by atoms with Crippen molar-refractivity contribution in [3.63, 3.8) is 0 Å². The molecule has 2 aromatic carbocycles. The lowest BCUT2D eigenvalue weighted by Gasteiger charge is -2.04. The maximum Gasteiger partial charge on any atom is 0.0406 e. The average molecular weight is 262 g/mol. The van der Waals surface area contributed by atoms with Gasteiger partial charge in [0.2, 0.25) is 0 Å². The molecule has 2 rings (SSSR count). The first-order valence-electron chi connectivity index (χ1n) is 5.51. The zero-order chi connectivity index (χ0) is 12.1. The van der Waals surface area contributed by atoms with Crippen molar-refractivity contribution >= 4 is 23.4 Å². The van der Waals surface area contributed by atoms with Crippen LogP contribution in [0.4, 0.5) is 0 Å². The van der Waals surface area contributed by atoms with E-state index < -0.39 is 0 Å². The summed E-state index contributed by atoms with van der Waals surface area (Å²) in [6, 6.07) is 16.6. The van der Waals surface area contributed by atoms with Crippen LogP contribution in [-0.2, 0) is 5.75 Å². The molecule has 0 aliphatic rings. The smallest absolute Gasteiger partial charge is 0.0406 e. The van der Waals surface area contributed by atoms with Crippen molar-refractivity contribution in [2.45, 2.75) is 5.75 Å². The summed E-state index contributed by atoms with van der Waals surface area (Å²) < 4.78 is 0. The molecule has 2 heteroatoms. The summed E-state index contributed by atoms with van der Waals surface area (Å²) >= 11 is 7.71. The third kappa shape index (κ3) is 3.52. The third-order valence-corrected chi connectivity index (χ3v) is 3.62. The second-order valence-corrected chi connectivity index (χ2v) is 5.30. The first kappa shape index (κ1) is 12.5. The summed E-state index contributed by atoms with van der Waals surface area (Å²) in [6.07, 6.45) is 0. The fourth-order valence-corrected chi connectivity index (χ4v) is 2.32. The van der Waals surface area contributed by atoms with Gasteiger partial charge in [-0.05, 0) is 41.5 Å². The summed E-state index contributed by atoms with van der Waals surface area (Å²) in [4.78, 5) is 0. The Bertz CT molecular complexity index is 459. The minimum absolute atomic E-state index is 0.775. The minimum Gasteiger partial charge on any atom is -0.157 e. The normalized spacial score (nSPS) is 10.5. The van der Waals surface area contributed by atoms with Gasteiger partial charge in [-0.2, -0.15) is 11.8 Å². The monoisotopic (exact) mass is 261 g/mol. The van der Waals surface area contributed by atoms with E-state index in [1.807, 2.05) is 36.0 Å². The predicted molar refractivity (Wildman–Crippen MR) is 78.4 cm³/mol. The maximum atomic E-state index is 5.87. The SMILES string of the molecule is [CH2]CSCc1ccc(-c2ccc(Cl)cc2)cc1. The first-order valence-corrected chi connectivity index (χ1v) is 7.05. The largest absolute Gasteiger partial charge is 0.157 e. The summed E-state index contributed by atoms with van der Waals surface area (Å²) in [5, 5.41) is 0.775. The topological polar surface area (TPSA) is 0 Å². The van der Waals surface area contributed by atoms with Gasteiger partial charge in [0, 0.05) is 10.8 Å². The van der Waals surface area contributed by atoms with Crippen molar-refractivity contribution in [1.29, 1.82) is 0 Å². The van der Waals surface area contributed by atoms with Gasteiger partial charge in [-0.1, -0.05) is 48.0 Å². The van der Waals surface area contributed by atoms with Gasteiger partial charge in [-0.3, -0.25) is 0 Å². The van der Waals surface area contributed by atoms with E-state index in [2.05, 4.69) is 31.2 Å². The summed E-state index contributed by atoms with van der Waals surface area (Å²) in [5.41, 5.74) is 3.77. The molecule has 0 heterocycles. The molecular weight excluding hydrogens is 248 g/mol. The van der Waals surface area contributed by atoms with E-state index >= 15 is 0 Å². The summed E-state index contributed by atoms with van der Waals surface area (Å²) in [7, 11) is 0. The van der Waals surface area contributed by atoms with Crippen LogP contribution in [0.25, 0.3) is 11.1 Å². The quantitative estimate of drug-likeness (QED) is 0.740. The van der Waals surface area contributed by atoms with Crippen LogP contribution in [0.5, 0.6) is 0 Å². The molecule has 0 N–H and O–H groups in total. The maximum absolute atomic E-state index is 5.87. The second-order valence-electron chi connectivity index (χ2n) is 3.76. The van der Waals surface area contributed by atoms with Crippen LogP contribution >= 0.6 is 23.4 Å². The highest BCUT2D eigenvalue weighted by molar-refractivity contribution is 7.98. The Labute approximate surface area is 112 Å². The first-order chi connectivity index (χ1) is 8.29. The molecule has 0 aliphatic carbocycles. The van der Waals surface area contributed by atoms with Gasteiger partial charge in [0.05, 0.1) is 0 Å². The number of halogens is 1. The van der Waals surface area contributed by atoms with E-state index in [1.165, 1.54) is 16.7 Å². The van der Waals surface area contributed by atoms with E-state index in [0.29, 0.717) is 0 Å². The molecule has 0 aliphatic heterocycles. The lowest BCUT2D eigenvalue weighted by atomic mass is 10.0. The molecular formula is C15H14ClS. The Hall–Kier alpha value is -0.920. The Morgan fingerprint density at radius 2 is 1.41 bits per heavy atom. The van der Waals surface area contributed by atoms with Crippen LogP contribution in [0.15, 0.2) is 48.5 Å². The lowest BCUT2D eigenvalue weighted by Crippen LogP contribution is -1.82. The molecule has 0 fully saturated rings. The highest BCUT2D eigenvalue weighted by Gasteiger charge is 1.98. The van der Waals surface area contributed by atoms with E-state index in [0.717, 1.165) is 16.5 Å². The molecule has 2 aromatic rings. The van der Waals surface area contributed by atoms with E-state index in [9.17, 15) is 0 Å². The van der Waals surface area contributed by atoms with Gasteiger partial charge < -0.3 is 0 Å². The highest BCUT2D eigenvalue weighted by Crippen LogP contribution is 2.22. The van der Waals surface area contributed by atoms with Crippen LogP contribution in [0.3, 0.4) is 0 Å². The van der Waals surface area contributed by atoms with Gasteiger partial charge in [-0.15, -0.1) is 0 Å². The minimum atomic E-state index is 0.775. The molecule has 0 atom stereocenters. The molecule has 0 amide bonds. The van der Waals surface area contributed by atoms with Crippen molar-refractivity contribution < 1.29 is 0 Å². The van der Waals surface area contributed by atoms with Crippen LogP contribution < -0.4 is 0 Å². The van der Waals surface area contributed by atoms with Crippen LogP contribution in [0, 0.1) is 6.92 Å². The van der Waals surface area contributed by atoms with Gasteiger partial charge in [0.15, 0.2) is 0 Å². The average Bonchev–Trinajstić information content (AvgIpc) is 2.38. The molecule has 0 spiro atoms. The van der Waals surface area contributed by atoms with Gasteiger partial charge >= 0.3 is 0 Å². The highest BCUT2D eigenvalue weighted by atomic mass is 35.5. The Balaban J connectivity index is 2.14. The second kappa shape index (κ2) is 6.13. The van der Waals surface area contributed by atoms with E-state index in [4.69, 9.17) is 11.6 Å². The molecule has 1 radical (unpaired) electrons. The molecule has 0 nitrogen and oxygen atoms in total. The number of thioether (sulfide) groups is 1. The van der Waals surface area contributed by atoms with Crippen molar-refractivity contribution in [1.82, 2.24) is 0 Å². The predicted octanol–water partition coefficient (Wildman–Crippen LogP) is 5.07. The summed E-state index contributed by atoms with van der Waals surface area (Å²) in [6.45, 7) is 3.82. The molecule has 0 unspecified atom stereocenters. The van der Waals surface area contributed by atoms with Gasteiger partial charge in [0.25, 0.3) is 0 Å². The Kier molecular flexibility index (Phi) is 4.52. The fourth-order valence-electron chi connectivity index (χ4n) is 1.63. The molecule has 0 saturated carbocycles. The molecule has 17 heavy (non-hydrogen) atoms. The Morgan fingerprint density at radius 1 is 0.882 bits per heavy atom. The zero-order valence-corrected chi connectivity index (χ0v) is 11.1. The fraction of sp³-hybridized carbons (Fsp3) is 0.133. The zero-order valence-electron chi connectivity index (χ0n) is 9.53. The number of hydrogen-bond donors (Lipinski definition) is 0. The third-order valence-electron chi connectivity index (χ3n) is 2.54. The lowest BCUT2D eigenvalue weighted by molar-refractivity contribution is 1.41. The molecule has 0 saturated heterocycles. The van der Waals surface area contributed by atoms with Crippen molar-refractivity contribution in [3.8, 4) is 11.1 Å². The van der Waals surface area contributed by atoms with Crippen LogP contribution in [0.2, 0.25) is 5.02 Å². The van der Waals surface area contributed by atoms with Gasteiger partial charge in [-0.25, -0.2) is 0 Å². The van der Waals surface area contributed by atoms with E-state index in [-0.39, 0.29) is 0 Å². The molecule has 0 aromatic heterocycles. The van der Waals surface area contributed by atoms with Crippen molar-refractivity contribution in [2.24, 2.45) is 0 Å². The molecule has 0 bridgehead atoms. The standard InChI is InChI=1S/C15H14ClS/c1-2-17-11-12-3-5-13(6-4-12)14-7-9-15(16)10-8-14/h3-10H,1-2,11H2. The summed E-state index contributed by atoms with van der Waals surface area (Å²) in [5.74, 6) is 1.95. The van der Waals surface area contributed by atoms with E-state index in [1.54, 1.807) is 0 Å². The molecule has 87 valence electrons. The van der Waals surface area contributed by atoms with Gasteiger partial charge in [0.1, 0.15) is 0 Å². The van der Waals surface area contributed by atoms with Crippen LogP contribution in [-0.4, -0.2) is 5.75 Å². The van der Waals surface area contributed by atoms with Crippen molar-refractivity contribution in [2.75, 3.05) is 5.75 Å². The van der Waals surface area contributed by atoms with Crippen LogP contribution in [0.1, 0.15) is 5.56 Å². The van der Waals surface area contributed by atoms with Crippen molar-refractivity contribution in [3.05, 3.63) is 66.0 Å². The number of rotatable bonds is 4. The number of hydrogen-bond acceptors (Lipinski definition) is 1.